The van der Waals surface area contributed by atoms with E-state index in [1.54, 1.807) is 18.7 Å². The van der Waals surface area contributed by atoms with Crippen molar-refractivity contribution in [1.82, 2.24) is 15.5 Å². The molecule has 0 saturated heterocycles. The highest BCUT2D eigenvalue weighted by Crippen LogP contribution is 2.17. The normalized spacial score (nSPS) is 12.5. The average molecular weight is 231 g/mol. The zero-order chi connectivity index (χ0) is 11.9. The Labute approximate surface area is 101 Å². The second kappa shape index (κ2) is 6.15. The summed E-state index contributed by atoms with van der Waals surface area (Å²) in [6.07, 6.45) is 9.05. The number of hydrogen-bond acceptors (Lipinski definition) is 4. The lowest BCUT2D eigenvalue weighted by atomic mass is 10.0. The second-order valence-corrected chi connectivity index (χ2v) is 4.02. The molecule has 0 bridgehead atoms. The fraction of sp³-hybridized carbons (Fsp3) is 0.385. The maximum Gasteiger partial charge on any atom is 0.0935 e. The van der Waals surface area contributed by atoms with Crippen molar-refractivity contribution in [2.75, 3.05) is 6.54 Å². The summed E-state index contributed by atoms with van der Waals surface area (Å²) < 4.78 is 5.10. The van der Waals surface area contributed by atoms with E-state index in [4.69, 9.17) is 4.42 Å². The van der Waals surface area contributed by atoms with E-state index in [2.05, 4.69) is 22.4 Å². The minimum atomic E-state index is 0.267. The van der Waals surface area contributed by atoms with Crippen molar-refractivity contribution in [3.05, 3.63) is 48.2 Å². The van der Waals surface area contributed by atoms with E-state index in [0.29, 0.717) is 0 Å². The van der Waals surface area contributed by atoms with Gasteiger partial charge in [0, 0.05) is 12.2 Å². The molecule has 17 heavy (non-hydrogen) atoms. The van der Waals surface area contributed by atoms with Crippen LogP contribution in [0.5, 0.6) is 0 Å². The van der Waals surface area contributed by atoms with E-state index in [1.165, 1.54) is 5.56 Å². The Balaban J connectivity index is 2.08. The first kappa shape index (κ1) is 11.8. The molecule has 0 amide bonds. The molecule has 2 aromatic rings. The molecule has 90 valence electrons. The van der Waals surface area contributed by atoms with Gasteiger partial charge in [-0.05, 0) is 42.6 Å². The monoisotopic (exact) mass is 231 g/mol. The molecular weight excluding hydrogens is 214 g/mol. The summed E-state index contributed by atoms with van der Waals surface area (Å²) in [6.45, 7) is 3.15. The van der Waals surface area contributed by atoms with Gasteiger partial charge in [-0.15, -0.1) is 0 Å². The highest BCUT2D eigenvalue weighted by Gasteiger charge is 2.12. The maximum absolute atomic E-state index is 5.10. The van der Waals surface area contributed by atoms with Crippen LogP contribution >= 0.6 is 0 Å². The van der Waals surface area contributed by atoms with Crippen molar-refractivity contribution in [1.29, 1.82) is 0 Å². The van der Waals surface area contributed by atoms with Gasteiger partial charge in [0.25, 0.3) is 0 Å². The molecule has 0 aromatic carbocycles. The van der Waals surface area contributed by atoms with Gasteiger partial charge in [-0.3, -0.25) is 0 Å². The van der Waals surface area contributed by atoms with Crippen molar-refractivity contribution in [2.24, 2.45) is 0 Å². The molecular formula is C13H17N3O. The summed E-state index contributed by atoms with van der Waals surface area (Å²) in [7, 11) is 0. The fourth-order valence-corrected chi connectivity index (χ4v) is 1.78. The lowest BCUT2D eigenvalue weighted by Crippen LogP contribution is -2.24. The Morgan fingerprint density at radius 3 is 2.94 bits per heavy atom. The number of rotatable bonds is 6. The van der Waals surface area contributed by atoms with Gasteiger partial charge in [0.2, 0.25) is 0 Å². The van der Waals surface area contributed by atoms with Crippen molar-refractivity contribution in [3.8, 4) is 0 Å². The fourth-order valence-electron chi connectivity index (χ4n) is 1.78. The summed E-state index contributed by atoms with van der Waals surface area (Å²) in [5.41, 5.74) is 2.35. The summed E-state index contributed by atoms with van der Waals surface area (Å²) >= 11 is 0. The van der Waals surface area contributed by atoms with E-state index in [9.17, 15) is 0 Å². The third-order valence-electron chi connectivity index (χ3n) is 2.67. The number of nitrogens with one attached hydrogen (secondary N) is 1. The SMILES string of the molecule is CCCNC(Cc1ccoc1)c1ccnnc1. The van der Waals surface area contributed by atoms with Crippen LogP contribution in [0.4, 0.5) is 0 Å². The van der Waals surface area contributed by atoms with E-state index in [1.807, 2.05) is 18.3 Å². The Hall–Kier alpha value is -1.68. The first-order valence-electron chi connectivity index (χ1n) is 5.91. The molecule has 4 nitrogen and oxygen atoms in total. The largest absolute Gasteiger partial charge is 0.472 e. The van der Waals surface area contributed by atoms with Gasteiger partial charge in [-0.25, -0.2) is 0 Å². The van der Waals surface area contributed by atoms with Crippen LogP contribution in [0.15, 0.2) is 41.5 Å². The number of nitrogens with zero attached hydrogens (tertiary/aromatic N) is 2. The predicted octanol–water partition coefficient (Wildman–Crippen LogP) is 2.35. The van der Waals surface area contributed by atoms with Gasteiger partial charge in [-0.1, -0.05) is 6.92 Å². The molecule has 0 saturated carbocycles. The van der Waals surface area contributed by atoms with E-state index >= 15 is 0 Å². The molecule has 1 unspecified atom stereocenters. The highest BCUT2D eigenvalue weighted by molar-refractivity contribution is 5.17. The van der Waals surface area contributed by atoms with Crippen molar-refractivity contribution in [2.45, 2.75) is 25.8 Å². The van der Waals surface area contributed by atoms with Gasteiger partial charge >= 0.3 is 0 Å². The summed E-state index contributed by atoms with van der Waals surface area (Å²) in [4.78, 5) is 0. The predicted molar refractivity (Wildman–Crippen MR) is 65.5 cm³/mol. The summed E-state index contributed by atoms with van der Waals surface area (Å²) in [5, 5.41) is 11.3. The molecule has 2 heterocycles. The van der Waals surface area contributed by atoms with Crippen molar-refractivity contribution < 1.29 is 4.42 Å². The Morgan fingerprint density at radius 1 is 1.35 bits per heavy atom. The molecule has 0 aliphatic heterocycles. The quantitative estimate of drug-likeness (QED) is 0.829. The molecule has 4 heteroatoms. The van der Waals surface area contributed by atoms with Gasteiger partial charge in [0.15, 0.2) is 0 Å². The van der Waals surface area contributed by atoms with Gasteiger partial charge in [0.05, 0.1) is 18.7 Å². The first-order valence-corrected chi connectivity index (χ1v) is 5.91. The number of aromatic nitrogens is 2. The molecule has 0 aliphatic carbocycles. The molecule has 0 fully saturated rings. The molecule has 1 N–H and O–H groups in total. The lowest BCUT2D eigenvalue weighted by molar-refractivity contribution is 0.518. The number of hydrogen-bond donors (Lipinski definition) is 1. The third kappa shape index (κ3) is 3.39. The number of furan rings is 1. The van der Waals surface area contributed by atoms with E-state index in [0.717, 1.165) is 24.9 Å². The molecule has 0 aliphatic rings. The molecule has 0 radical (unpaired) electrons. The van der Waals surface area contributed by atoms with Crippen LogP contribution in [0.1, 0.15) is 30.5 Å². The van der Waals surface area contributed by atoms with Crippen LogP contribution in [-0.2, 0) is 6.42 Å². The Bertz CT molecular complexity index is 413. The highest BCUT2D eigenvalue weighted by atomic mass is 16.3. The van der Waals surface area contributed by atoms with E-state index in [-0.39, 0.29) is 6.04 Å². The van der Waals surface area contributed by atoms with Crippen LogP contribution in [0, 0.1) is 0 Å². The molecule has 2 aromatic heterocycles. The second-order valence-electron chi connectivity index (χ2n) is 4.02. The van der Waals surface area contributed by atoms with Gasteiger partial charge in [0.1, 0.15) is 0 Å². The zero-order valence-corrected chi connectivity index (χ0v) is 9.97. The third-order valence-corrected chi connectivity index (χ3v) is 2.67. The van der Waals surface area contributed by atoms with Crippen LogP contribution in [0.25, 0.3) is 0 Å². The molecule has 1 atom stereocenters. The van der Waals surface area contributed by atoms with Crippen LogP contribution in [0.3, 0.4) is 0 Å². The van der Waals surface area contributed by atoms with Gasteiger partial charge < -0.3 is 9.73 Å². The van der Waals surface area contributed by atoms with Crippen LogP contribution < -0.4 is 5.32 Å². The summed E-state index contributed by atoms with van der Waals surface area (Å²) in [5.74, 6) is 0. The van der Waals surface area contributed by atoms with Crippen LogP contribution in [-0.4, -0.2) is 16.7 Å². The average Bonchev–Trinajstić information content (AvgIpc) is 2.88. The molecule has 0 spiro atoms. The van der Waals surface area contributed by atoms with Crippen LogP contribution in [0.2, 0.25) is 0 Å². The summed E-state index contributed by atoms with van der Waals surface area (Å²) in [6, 6.07) is 4.26. The Morgan fingerprint density at radius 2 is 2.29 bits per heavy atom. The smallest absolute Gasteiger partial charge is 0.0935 e. The minimum Gasteiger partial charge on any atom is -0.472 e. The Kier molecular flexibility index (Phi) is 4.27. The molecule has 2 rings (SSSR count). The van der Waals surface area contributed by atoms with E-state index < -0.39 is 0 Å². The zero-order valence-electron chi connectivity index (χ0n) is 9.97. The van der Waals surface area contributed by atoms with Crippen molar-refractivity contribution >= 4 is 0 Å². The maximum atomic E-state index is 5.10. The topological polar surface area (TPSA) is 51.0 Å². The van der Waals surface area contributed by atoms with Crippen molar-refractivity contribution in [3.63, 3.8) is 0 Å². The minimum absolute atomic E-state index is 0.267. The van der Waals surface area contributed by atoms with Gasteiger partial charge in [-0.2, -0.15) is 10.2 Å². The lowest BCUT2D eigenvalue weighted by Gasteiger charge is -2.17. The first-order chi connectivity index (χ1) is 8.40. The standard InChI is InChI=1S/C13H17N3O/c1-2-5-14-13(8-11-4-7-17-10-11)12-3-6-15-16-9-12/h3-4,6-7,9-10,13-14H,2,5,8H2,1H3.